The van der Waals surface area contributed by atoms with Crippen molar-refractivity contribution >= 4 is 45.9 Å². The average molecular weight is 287 g/mol. The van der Waals surface area contributed by atoms with Gasteiger partial charge in [-0.1, -0.05) is 6.07 Å². The molecule has 1 aliphatic heterocycles. The van der Waals surface area contributed by atoms with E-state index in [9.17, 15) is 4.79 Å². The molecular weight excluding hydrogens is 278 g/mol. The minimum atomic E-state index is -0.110. The number of carbonyl (C=O) groups is 1. The van der Waals surface area contributed by atoms with Gasteiger partial charge < -0.3 is 5.32 Å². The van der Waals surface area contributed by atoms with Crippen molar-refractivity contribution in [3.63, 3.8) is 0 Å². The third kappa shape index (κ3) is 2.91. The standard InChI is InChI=1S/C13H9N3OS2/c17-12-11(7-10-4-2-6-18-10)19-13(16-12)15-9-3-1-5-14-8-9/h1-8H,(H,15,16,17). The summed E-state index contributed by atoms with van der Waals surface area (Å²) in [5.41, 5.74) is 0.725. The van der Waals surface area contributed by atoms with Gasteiger partial charge in [-0.3, -0.25) is 9.78 Å². The maximum absolute atomic E-state index is 11.8. The van der Waals surface area contributed by atoms with Crippen LogP contribution in [0, 0.1) is 0 Å². The molecule has 2 aromatic heterocycles. The highest BCUT2D eigenvalue weighted by Gasteiger charge is 2.23. The van der Waals surface area contributed by atoms with Gasteiger partial charge in [0, 0.05) is 11.1 Å². The van der Waals surface area contributed by atoms with E-state index < -0.39 is 0 Å². The third-order valence-electron chi connectivity index (χ3n) is 2.34. The minimum absolute atomic E-state index is 0.110. The number of thiophene rings is 1. The predicted octanol–water partition coefficient (Wildman–Crippen LogP) is 3.03. The van der Waals surface area contributed by atoms with E-state index in [0.717, 1.165) is 10.6 Å². The Morgan fingerprint density at radius 3 is 3.00 bits per heavy atom. The van der Waals surface area contributed by atoms with Crippen LogP contribution in [0.2, 0.25) is 0 Å². The second kappa shape index (κ2) is 5.38. The van der Waals surface area contributed by atoms with Crippen molar-refractivity contribution in [2.45, 2.75) is 0 Å². The van der Waals surface area contributed by atoms with E-state index in [-0.39, 0.29) is 5.91 Å². The second-order valence-electron chi connectivity index (χ2n) is 3.71. The number of nitrogens with one attached hydrogen (secondary N) is 1. The molecular formula is C13H9N3OS2. The van der Waals surface area contributed by atoms with Crippen molar-refractivity contribution in [2.24, 2.45) is 4.99 Å². The van der Waals surface area contributed by atoms with E-state index in [2.05, 4.69) is 15.3 Å². The zero-order valence-corrected chi connectivity index (χ0v) is 11.4. The summed E-state index contributed by atoms with van der Waals surface area (Å²) in [6.07, 6.45) is 5.21. The monoisotopic (exact) mass is 287 g/mol. The Bertz CT molecular complexity index is 648. The van der Waals surface area contributed by atoms with Gasteiger partial charge in [0.25, 0.3) is 5.91 Å². The zero-order chi connectivity index (χ0) is 13.1. The van der Waals surface area contributed by atoms with Gasteiger partial charge in [0.15, 0.2) is 5.17 Å². The van der Waals surface area contributed by atoms with Crippen LogP contribution in [0.3, 0.4) is 0 Å². The van der Waals surface area contributed by atoms with Crippen molar-refractivity contribution in [1.29, 1.82) is 0 Å². The molecule has 1 aliphatic rings. The molecule has 3 heterocycles. The molecule has 94 valence electrons. The number of rotatable bonds is 2. The smallest absolute Gasteiger partial charge is 0.264 e. The fourth-order valence-electron chi connectivity index (χ4n) is 1.52. The number of carbonyl (C=O) groups excluding carboxylic acids is 1. The van der Waals surface area contributed by atoms with Crippen LogP contribution in [0.25, 0.3) is 6.08 Å². The number of nitrogens with zero attached hydrogens (tertiary/aromatic N) is 2. The number of hydrogen-bond acceptors (Lipinski definition) is 5. The lowest BCUT2D eigenvalue weighted by molar-refractivity contribution is -0.115. The van der Waals surface area contributed by atoms with Crippen LogP contribution < -0.4 is 5.32 Å². The van der Waals surface area contributed by atoms with Gasteiger partial charge in [-0.15, -0.1) is 11.3 Å². The number of aromatic nitrogens is 1. The van der Waals surface area contributed by atoms with E-state index >= 15 is 0 Å². The number of aliphatic imine (C=N–C) groups is 1. The van der Waals surface area contributed by atoms with Crippen molar-refractivity contribution in [1.82, 2.24) is 10.3 Å². The summed E-state index contributed by atoms with van der Waals surface area (Å²) < 4.78 is 0. The van der Waals surface area contributed by atoms with Gasteiger partial charge in [0.05, 0.1) is 16.8 Å². The van der Waals surface area contributed by atoms with Gasteiger partial charge in [-0.05, 0) is 41.4 Å². The summed E-state index contributed by atoms with van der Waals surface area (Å²) in [7, 11) is 0. The van der Waals surface area contributed by atoms with Crippen molar-refractivity contribution in [3.8, 4) is 0 Å². The van der Waals surface area contributed by atoms with E-state index in [1.54, 1.807) is 23.7 Å². The highest BCUT2D eigenvalue weighted by Crippen LogP contribution is 2.28. The molecule has 0 radical (unpaired) electrons. The maximum Gasteiger partial charge on any atom is 0.264 e. The van der Waals surface area contributed by atoms with Gasteiger partial charge in [-0.2, -0.15) is 0 Å². The molecule has 0 atom stereocenters. The van der Waals surface area contributed by atoms with Crippen LogP contribution in [0.1, 0.15) is 4.88 Å². The molecule has 0 aromatic carbocycles. The SMILES string of the molecule is O=C1NC(=Nc2cccnc2)SC1=Cc1cccs1. The molecule has 0 aliphatic carbocycles. The Hall–Kier alpha value is -1.92. The van der Waals surface area contributed by atoms with E-state index in [1.807, 2.05) is 35.7 Å². The normalized spacial score (nSPS) is 19.1. The molecule has 1 fully saturated rings. The van der Waals surface area contributed by atoms with Gasteiger partial charge in [0.2, 0.25) is 0 Å². The van der Waals surface area contributed by atoms with Crippen LogP contribution in [-0.4, -0.2) is 16.1 Å². The summed E-state index contributed by atoms with van der Waals surface area (Å²) in [6.45, 7) is 0. The highest BCUT2D eigenvalue weighted by molar-refractivity contribution is 8.18. The molecule has 0 unspecified atom stereocenters. The molecule has 1 N–H and O–H groups in total. The number of pyridine rings is 1. The maximum atomic E-state index is 11.8. The summed E-state index contributed by atoms with van der Waals surface area (Å²) in [5, 5.41) is 5.31. The predicted molar refractivity (Wildman–Crippen MR) is 79.4 cm³/mol. The van der Waals surface area contributed by atoms with Crippen LogP contribution in [0.15, 0.2) is 51.9 Å². The fourth-order valence-corrected chi connectivity index (χ4v) is 3.08. The van der Waals surface area contributed by atoms with Gasteiger partial charge in [0.1, 0.15) is 0 Å². The zero-order valence-electron chi connectivity index (χ0n) is 9.74. The number of amides is 1. The Morgan fingerprint density at radius 2 is 2.26 bits per heavy atom. The number of amidine groups is 1. The van der Waals surface area contributed by atoms with E-state index in [1.165, 1.54) is 11.8 Å². The lowest BCUT2D eigenvalue weighted by Crippen LogP contribution is -2.19. The minimum Gasteiger partial charge on any atom is -0.300 e. The number of hydrogen-bond donors (Lipinski definition) is 1. The van der Waals surface area contributed by atoms with Gasteiger partial charge in [-0.25, -0.2) is 4.99 Å². The topological polar surface area (TPSA) is 54.4 Å². The van der Waals surface area contributed by atoms with Crippen molar-refractivity contribution in [3.05, 3.63) is 51.8 Å². The summed E-state index contributed by atoms with van der Waals surface area (Å²) >= 11 is 2.94. The van der Waals surface area contributed by atoms with E-state index in [0.29, 0.717) is 10.1 Å². The van der Waals surface area contributed by atoms with Crippen LogP contribution >= 0.6 is 23.1 Å². The summed E-state index contributed by atoms with van der Waals surface area (Å²) in [5.74, 6) is -0.110. The molecule has 1 amide bonds. The number of thioether (sulfide) groups is 1. The second-order valence-corrected chi connectivity index (χ2v) is 5.72. The van der Waals surface area contributed by atoms with Crippen molar-refractivity contribution in [2.75, 3.05) is 0 Å². The average Bonchev–Trinajstić information content (AvgIpc) is 3.02. The molecule has 0 saturated carbocycles. The largest absolute Gasteiger partial charge is 0.300 e. The molecule has 0 spiro atoms. The lowest BCUT2D eigenvalue weighted by Gasteiger charge is -1.94. The summed E-state index contributed by atoms with van der Waals surface area (Å²) in [6, 6.07) is 7.58. The molecule has 3 rings (SSSR count). The van der Waals surface area contributed by atoms with Crippen molar-refractivity contribution < 1.29 is 4.79 Å². The molecule has 2 aromatic rings. The fraction of sp³-hybridized carbons (Fsp3) is 0. The Labute approximate surface area is 118 Å². The van der Waals surface area contributed by atoms with Crippen LogP contribution in [0.5, 0.6) is 0 Å². The molecule has 1 saturated heterocycles. The quantitative estimate of drug-likeness (QED) is 0.864. The Kier molecular flexibility index (Phi) is 3.43. The van der Waals surface area contributed by atoms with Crippen LogP contribution in [0.4, 0.5) is 5.69 Å². The molecule has 0 bridgehead atoms. The highest BCUT2D eigenvalue weighted by atomic mass is 32.2. The summed E-state index contributed by atoms with van der Waals surface area (Å²) in [4.78, 5) is 21.8. The van der Waals surface area contributed by atoms with Gasteiger partial charge >= 0.3 is 0 Å². The Morgan fingerprint density at radius 1 is 1.32 bits per heavy atom. The Balaban J connectivity index is 1.82. The molecule has 6 heteroatoms. The first-order chi connectivity index (χ1) is 9.31. The first-order valence-corrected chi connectivity index (χ1v) is 7.24. The molecule has 19 heavy (non-hydrogen) atoms. The van der Waals surface area contributed by atoms with E-state index in [4.69, 9.17) is 0 Å². The third-order valence-corrected chi connectivity index (χ3v) is 4.07. The van der Waals surface area contributed by atoms with Crippen LogP contribution in [-0.2, 0) is 4.79 Å². The molecule has 4 nitrogen and oxygen atoms in total. The first kappa shape index (κ1) is 12.1. The first-order valence-electron chi connectivity index (χ1n) is 5.54. The lowest BCUT2D eigenvalue weighted by atomic mass is 10.4.